The molecule has 5 heteroatoms. The van der Waals surface area contributed by atoms with Crippen molar-refractivity contribution in [3.63, 3.8) is 0 Å². The summed E-state index contributed by atoms with van der Waals surface area (Å²) in [5, 5.41) is 8.98. The Hall–Kier alpha value is -2.56. The van der Waals surface area contributed by atoms with Gasteiger partial charge < -0.3 is 5.11 Å². The van der Waals surface area contributed by atoms with E-state index in [0.29, 0.717) is 12.0 Å². The number of fused-ring (bicyclic) bond motifs is 1. The molecule has 0 fully saturated rings. The summed E-state index contributed by atoms with van der Waals surface area (Å²) in [5.74, 6) is -0.995. The third kappa shape index (κ3) is 2.50. The van der Waals surface area contributed by atoms with Gasteiger partial charge in [-0.15, -0.1) is 0 Å². The molecule has 1 N–H and O–H groups in total. The summed E-state index contributed by atoms with van der Waals surface area (Å²) < 4.78 is 37.8. The highest BCUT2D eigenvalue weighted by molar-refractivity contribution is 5.91. The minimum Gasteiger partial charge on any atom is -0.478 e. The van der Waals surface area contributed by atoms with Gasteiger partial charge in [0.1, 0.15) is 0 Å². The lowest BCUT2D eigenvalue weighted by atomic mass is 9.97. The number of carboxylic acids is 1. The van der Waals surface area contributed by atoms with Crippen molar-refractivity contribution in [2.24, 2.45) is 0 Å². The highest BCUT2D eigenvalue weighted by Crippen LogP contribution is 2.35. The monoisotopic (exact) mass is 304 g/mol. The summed E-state index contributed by atoms with van der Waals surface area (Å²) in [6.45, 7) is 0. The lowest BCUT2D eigenvalue weighted by molar-refractivity contribution is -0.137. The third-order valence-electron chi connectivity index (χ3n) is 3.69. The van der Waals surface area contributed by atoms with Crippen molar-refractivity contribution in [3.05, 3.63) is 76.4 Å². The molecule has 0 aliphatic heterocycles. The van der Waals surface area contributed by atoms with Crippen molar-refractivity contribution in [1.82, 2.24) is 0 Å². The van der Waals surface area contributed by atoms with E-state index in [-0.39, 0.29) is 5.56 Å². The minimum absolute atomic E-state index is 0.209. The number of alkyl halides is 3. The largest absolute Gasteiger partial charge is 0.478 e. The van der Waals surface area contributed by atoms with Crippen LogP contribution in [0, 0.1) is 0 Å². The molecule has 0 heterocycles. The molecule has 0 bridgehead atoms. The molecule has 3 rings (SSSR count). The number of benzene rings is 2. The van der Waals surface area contributed by atoms with E-state index >= 15 is 0 Å². The first kappa shape index (κ1) is 14.4. The van der Waals surface area contributed by atoms with Crippen LogP contribution in [0.5, 0.6) is 0 Å². The Kier molecular flexibility index (Phi) is 3.28. The molecule has 0 saturated heterocycles. The normalized spacial score (nSPS) is 13.7. The van der Waals surface area contributed by atoms with Crippen molar-refractivity contribution in [2.45, 2.75) is 12.6 Å². The zero-order valence-corrected chi connectivity index (χ0v) is 11.3. The van der Waals surface area contributed by atoms with Gasteiger partial charge >= 0.3 is 12.1 Å². The maximum Gasteiger partial charge on any atom is 0.416 e. The van der Waals surface area contributed by atoms with Crippen LogP contribution in [0.15, 0.2) is 48.5 Å². The smallest absolute Gasteiger partial charge is 0.416 e. The van der Waals surface area contributed by atoms with Crippen LogP contribution in [0.3, 0.4) is 0 Å². The second kappa shape index (κ2) is 5.02. The molecule has 1 aliphatic carbocycles. The molecular formula is C17H11F3O2. The standard InChI is InChI=1S/C17H11F3O2/c18-17(19,20)13-5-1-10(2-6-13)14-7-3-11-9-12(16(21)22)4-8-15(11)14/h1-2,4-9H,3H2,(H,21,22). The first-order valence-corrected chi connectivity index (χ1v) is 6.60. The fraction of sp³-hybridized carbons (Fsp3) is 0.118. The molecule has 22 heavy (non-hydrogen) atoms. The van der Waals surface area contributed by atoms with E-state index in [0.717, 1.165) is 28.8 Å². The molecule has 0 radical (unpaired) electrons. The molecule has 112 valence electrons. The van der Waals surface area contributed by atoms with E-state index < -0.39 is 17.7 Å². The lowest BCUT2D eigenvalue weighted by Gasteiger charge is -2.10. The highest BCUT2D eigenvalue weighted by atomic mass is 19.4. The number of halogens is 3. The fourth-order valence-electron chi connectivity index (χ4n) is 2.59. The van der Waals surface area contributed by atoms with E-state index in [1.165, 1.54) is 18.2 Å². The summed E-state index contributed by atoms with van der Waals surface area (Å²) in [5.41, 5.74) is 2.78. The zero-order chi connectivity index (χ0) is 15.9. The van der Waals surface area contributed by atoms with Crippen LogP contribution in [-0.4, -0.2) is 11.1 Å². The maximum atomic E-state index is 12.6. The minimum atomic E-state index is -4.35. The van der Waals surface area contributed by atoms with Crippen LogP contribution in [0.4, 0.5) is 13.2 Å². The Bertz CT molecular complexity index is 771. The van der Waals surface area contributed by atoms with Gasteiger partial charge in [-0.25, -0.2) is 4.79 Å². The van der Waals surface area contributed by atoms with Crippen LogP contribution < -0.4 is 0 Å². The molecule has 0 saturated carbocycles. The second-order valence-corrected chi connectivity index (χ2v) is 5.07. The average molecular weight is 304 g/mol. The van der Waals surface area contributed by atoms with Gasteiger partial charge in [-0.05, 0) is 52.9 Å². The molecule has 2 nitrogen and oxygen atoms in total. The van der Waals surface area contributed by atoms with Gasteiger partial charge in [0.15, 0.2) is 0 Å². The Balaban J connectivity index is 1.95. The predicted octanol–water partition coefficient (Wildman–Crippen LogP) is 4.39. The molecule has 0 spiro atoms. The molecule has 0 aromatic heterocycles. The first-order valence-electron chi connectivity index (χ1n) is 6.60. The van der Waals surface area contributed by atoms with Crippen molar-refractivity contribution in [2.75, 3.05) is 0 Å². The second-order valence-electron chi connectivity index (χ2n) is 5.07. The van der Waals surface area contributed by atoms with E-state index in [1.807, 2.05) is 6.08 Å². The fourth-order valence-corrected chi connectivity index (χ4v) is 2.59. The summed E-state index contributed by atoms with van der Waals surface area (Å²) in [7, 11) is 0. The summed E-state index contributed by atoms with van der Waals surface area (Å²) in [6.07, 6.45) is -1.87. The number of rotatable bonds is 2. The number of aromatic carboxylic acids is 1. The van der Waals surface area contributed by atoms with Crippen LogP contribution in [0.1, 0.15) is 32.6 Å². The topological polar surface area (TPSA) is 37.3 Å². The van der Waals surface area contributed by atoms with Gasteiger partial charge in [-0.3, -0.25) is 0 Å². The number of hydrogen-bond donors (Lipinski definition) is 1. The molecule has 1 aliphatic rings. The van der Waals surface area contributed by atoms with E-state index in [9.17, 15) is 18.0 Å². The van der Waals surface area contributed by atoms with E-state index in [2.05, 4.69) is 0 Å². The van der Waals surface area contributed by atoms with E-state index in [1.54, 1.807) is 12.1 Å². The Labute approximate surface area is 124 Å². The summed E-state index contributed by atoms with van der Waals surface area (Å²) >= 11 is 0. The van der Waals surface area contributed by atoms with Gasteiger partial charge in [-0.2, -0.15) is 13.2 Å². The molecule has 0 amide bonds. The average Bonchev–Trinajstić information content (AvgIpc) is 2.89. The number of carbonyl (C=O) groups is 1. The Morgan fingerprint density at radius 2 is 1.73 bits per heavy atom. The van der Waals surface area contributed by atoms with E-state index in [4.69, 9.17) is 5.11 Å². The third-order valence-corrected chi connectivity index (χ3v) is 3.69. The van der Waals surface area contributed by atoms with Crippen molar-refractivity contribution < 1.29 is 23.1 Å². The van der Waals surface area contributed by atoms with Gasteiger partial charge in [-0.1, -0.05) is 24.3 Å². The van der Waals surface area contributed by atoms with Gasteiger partial charge in [0, 0.05) is 0 Å². The molecule has 2 aromatic carbocycles. The summed E-state index contributed by atoms with van der Waals surface area (Å²) in [4.78, 5) is 11.0. The van der Waals surface area contributed by atoms with Crippen molar-refractivity contribution in [3.8, 4) is 0 Å². The van der Waals surface area contributed by atoms with Crippen LogP contribution in [-0.2, 0) is 12.6 Å². The van der Waals surface area contributed by atoms with Crippen LogP contribution in [0.2, 0.25) is 0 Å². The molecule has 0 atom stereocenters. The molecule has 2 aromatic rings. The number of carboxylic acid groups (broad SMARTS) is 1. The maximum absolute atomic E-state index is 12.6. The number of allylic oxidation sites excluding steroid dienone is 1. The quantitative estimate of drug-likeness (QED) is 0.893. The zero-order valence-electron chi connectivity index (χ0n) is 11.3. The lowest BCUT2D eigenvalue weighted by Crippen LogP contribution is -2.04. The van der Waals surface area contributed by atoms with Crippen LogP contribution in [0.25, 0.3) is 5.57 Å². The van der Waals surface area contributed by atoms with Crippen molar-refractivity contribution >= 4 is 11.5 Å². The Morgan fingerprint density at radius 3 is 2.32 bits per heavy atom. The van der Waals surface area contributed by atoms with Crippen LogP contribution >= 0.6 is 0 Å². The number of hydrogen-bond acceptors (Lipinski definition) is 1. The van der Waals surface area contributed by atoms with Gasteiger partial charge in [0.25, 0.3) is 0 Å². The Morgan fingerprint density at radius 1 is 1.05 bits per heavy atom. The molecule has 0 unspecified atom stereocenters. The van der Waals surface area contributed by atoms with Crippen molar-refractivity contribution in [1.29, 1.82) is 0 Å². The summed E-state index contributed by atoms with van der Waals surface area (Å²) in [6, 6.07) is 9.80. The van der Waals surface area contributed by atoms with Gasteiger partial charge in [0.05, 0.1) is 11.1 Å². The predicted molar refractivity (Wildman–Crippen MR) is 75.6 cm³/mol. The SMILES string of the molecule is O=C(O)c1ccc2c(c1)CC=C2c1ccc(C(F)(F)F)cc1. The first-order chi connectivity index (χ1) is 10.4. The van der Waals surface area contributed by atoms with Gasteiger partial charge in [0.2, 0.25) is 0 Å². The molecular weight excluding hydrogens is 293 g/mol. The highest BCUT2D eigenvalue weighted by Gasteiger charge is 2.30.